The number of hydrogen-bond donors (Lipinski definition) is 0. The van der Waals surface area contributed by atoms with Gasteiger partial charge in [-0.1, -0.05) is 187 Å². The average molecular weight is 929 g/mol. The second kappa shape index (κ2) is 15.4. The molecule has 72 heavy (non-hydrogen) atoms. The quantitative estimate of drug-likeness (QED) is 0.156. The van der Waals surface area contributed by atoms with Crippen molar-refractivity contribution in [3.63, 3.8) is 0 Å². The van der Waals surface area contributed by atoms with Crippen LogP contribution in [-0.4, -0.2) is 0 Å². The predicted octanol–water partition coefficient (Wildman–Crippen LogP) is 20.2. The third-order valence-corrected chi connectivity index (χ3v) is 15.2. The summed E-state index contributed by atoms with van der Waals surface area (Å²) in [5, 5.41) is 16.5. The van der Waals surface area contributed by atoms with Crippen LogP contribution in [0.15, 0.2) is 215 Å². The molecule has 346 valence electrons. The van der Waals surface area contributed by atoms with Crippen molar-refractivity contribution in [3.8, 4) is 0 Å². The third-order valence-electron chi connectivity index (χ3n) is 15.2. The molecule has 0 unspecified atom stereocenters. The fourth-order valence-electron chi connectivity index (χ4n) is 11.9. The van der Waals surface area contributed by atoms with Crippen LogP contribution >= 0.6 is 0 Å². The van der Waals surface area contributed by atoms with E-state index >= 15 is 0 Å². The van der Waals surface area contributed by atoms with Crippen LogP contribution in [0.25, 0.3) is 97.7 Å². The topological polar surface area (TPSA) is 32.8 Å². The van der Waals surface area contributed by atoms with Gasteiger partial charge in [-0.15, -0.1) is 0 Å². The smallest absolute Gasteiger partial charge is 0.159 e. The standard InChI is InChI=1S/C68H52N2O2/c1-67(2,3)53-39-43-19-13-15-25-47(43)61-51-27-17-29-57(63(51)71-65(53)61)69(45-21-9-7-10-22-45)55-37-33-41-32-36-50-56(38-34-42-31-35-49(55)59(41)60(42)50)70(46-23-11-8-12-24-46)58-30-18-28-52-62-48-26-16-14-20-44(48)40-54(68(4,5)6)66(62)72-64(52)58/h7-40H,1-6H3. The molecule has 0 aliphatic heterocycles. The van der Waals surface area contributed by atoms with Gasteiger partial charge in [0, 0.05) is 54.8 Å². The van der Waals surface area contributed by atoms with Crippen LogP contribution in [0.1, 0.15) is 52.7 Å². The van der Waals surface area contributed by atoms with E-state index in [1.54, 1.807) is 0 Å². The van der Waals surface area contributed by atoms with Crippen LogP contribution in [0.2, 0.25) is 0 Å². The van der Waals surface area contributed by atoms with Gasteiger partial charge in [0.25, 0.3) is 0 Å². The molecule has 14 aromatic rings. The van der Waals surface area contributed by atoms with Gasteiger partial charge in [0.2, 0.25) is 0 Å². The Hall–Kier alpha value is -8.60. The Morgan fingerprint density at radius 2 is 0.653 bits per heavy atom. The number of fused-ring (bicyclic) bond motifs is 10. The maximum absolute atomic E-state index is 7.26. The first-order valence-electron chi connectivity index (χ1n) is 25.2. The molecule has 0 radical (unpaired) electrons. The highest BCUT2D eigenvalue weighted by Gasteiger charge is 2.29. The fourth-order valence-corrected chi connectivity index (χ4v) is 11.9. The first kappa shape index (κ1) is 42.3. The van der Waals surface area contributed by atoms with E-state index < -0.39 is 0 Å². The predicted molar refractivity (Wildman–Crippen MR) is 306 cm³/mol. The molecular formula is C68H52N2O2. The Labute approximate surface area is 418 Å². The molecule has 4 heteroatoms. The summed E-state index contributed by atoms with van der Waals surface area (Å²) in [5.41, 5.74) is 12.0. The van der Waals surface area contributed by atoms with Crippen molar-refractivity contribution < 1.29 is 8.83 Å². The SMILES string of the molecule is CC(C)(C)c1cc2ccccc2c2c1oc1c(N(c3ccccc3)c3ccc4ccc5c(N(c6ccccc6)c6cccc7c6oc6c(C(C)(C)C)cc8ccccc8c67)ccc6ccc3c4c65)cccc12. The van der Waals surface area contributed by atoms with Crippen LogP contribution in [-0.2, 0) is 10.8 Å². The van der Waals surface area contributed by atoms with Crippen molar-refractivity contribution >= 4 is 132 Å². The van der Waals surface area contributed by atoms with Crippen LogP contribution in [0.4, 0.5) is 34.1 Å². The lowest BCUT2D eigenvalue weighted by Gasteiger charge is -2.29. The van der Waals surface area contributed by atoms with E-state index in [2.05, 4.69) is 258 Å². The summed E-state index contributed by atoms with van der Waals surface area (Å²) in [4.78, 5) is 4.81. The Bertz CT molecular complexity index is 4180. The van der Waals surface area contributed by atoms with E-state index in [4.69, 9.17) is 8.83 Å². The van der Waals surface area contributed by atoms with E-state index in [0.717, 1.165) is 88.8 Å². The Balaban J connectivity index is 1.03. The molecule has 0 fully saturated rings. The normalized spacial score (nSPS) is 12.6. The van der Waals surface area contributed by atoms with Gasteiger partial charge in [0.15, 0.2) is 11.2 Å². The lowest BCUT2D eigenvalue weighted by Crippen LogP contribution is -2.12. The minimum Gasteiger partial charge on any atom is -0.454 e. The van der Waals surface area contributed by atoms with Gasteiger partial charge in [-0.05, 0) is 115 Å². The molecule has 0 saturated heterocycles. The number of benzene rings is 12. The van der Waals surface area contributed by atoms with Crippen molar-refractivity contribution in [3.05, 3.63) is 217 Å². The summed E-state index contributed by atoms with van der Waals surface area (Å²) in [6.45, 7) is 13.7. The monoisotopic (exact) mass is 928 g/mol. The summed E-state index contributed by atoms with van der Waals surface area (Å²) in [7, 11) is 0. The molecule has 2 heterocycles. The average Bonchev–Trinajstić information content (AvgIpc) is 4.00. The molecule has 12 aromatic carbocycles. The molecule has 14 rings (SSSR count). The van der Waals surface area contributed by atoms with Crippen LogP contribution in [0, 0.1) is 0 Å². The summed E-state index contributed by atoms with van der Waals surface area (Å²) in [6, 6.07) is 75.3. The summed E-state index contributed by atoms with van der Waals surface area (Å²) in [5.74, 6) is 0. The second-order valence-electron chi connectivity index (χ2n) is 21.6. The lowest BCUT2D eigenvalue weighted by atomic mass is 9.84. The van der Waals surface area contributed by atoms with Gasteiger partial charge in [-0.3, -0.25) is 0 Å². The van der Waals surface area contributed by atoms with Gasteiger partial charge < -0.3 is 18.6 Å². The van der Waals surface area contributed by atoms with Crippen molar-refractivity contribution in [1.82, 2.24) is 0 Å². The molecule has 0 atom stereocenters. The molecule has 0 aliphatic carbocycles. The number of hydrogen-bond acceptors (Lipinski definition) is 4. The number of anilines is 6. The number of furan rings is 2. The number of rotatable bonds is 6. The zero-order valence-electron chi connectivity index (χ0n) is 41.3. The molecule has 0 saturated carbocycles. The Morgan fingerprint density at radius 1 is 0.278 bits per heavy atom. The second-order valence-corrected chi connectivity index (χ2v) is 21.6. The van der Waals surface area contributed by atoms with Crippen molar-refractivity contribution in [2.75, 3.05) is 9.80 Å². The summed E-state index contributed by atoms with van der Waals surface area (Å²) >= 11 is 0. The van der Waals surface area contributed by atoms with Gasteiger partial charge in [0.1, 0.15) is 11.2 Å². The highest BCUT2D eigenvalue weighted by molar-refractivity contribution is 6.29. The third kappa shape index (κ3) is 6.24. The van der Waals surface area contributed by atoms with E-state index in [1.165, 1.54) is 54.2 Å². The summed E-state index contributed by atoms with van der Waals surface area (Å²) in [6.07, 6.45) is 0. The number of nitrogens with zero attached hydrogens (tertiary/aromatic N) is 2. The summed E-state index contributed by atoms with van der Waals surface area (Å²) < 4.78 is 14.5. The molecule has 0 spiro atoms. The first-order chi connectivity index (χ1) is 35.0. The maximum Gasteiger partial charge on any atom is 0.159 e. The zero-order chi connectivity index (χ0) is 48.6. The van der Waals surface area contributed by atoms with E-state index in [0.29, 0.717) is 0 Å². The Morgan fingerprint density at radius 3 is 1.07 bits per heavy atom. The molecule has 0 aliphatic rings. The maximum atomic E-state index is 7.26. The molecule has 4 nitrogen and oxygen atoms in total. The van der Waals surface area contributed by atoms with Gasteiger partial charge in [-0.25, -0.2) is 0 Å². The van der Waals surface area contributed by atoms with E-state index in [9.17, 15) is 0 Å². The molecule has 0 bridgehead atoms. The van der Waals surface area contributed by atoms with Gasteiger partial charge in [-0.2, -0.15) is 0 Å². The van der Waals surface area contributed by atoms with Crippen molar-refractivity contribution in [1.29, 1.82) is 0 Å². The Kier molecular flexibility index (Phi) is 9.07. The van der Waals surface area contributed by atoms with Gasteiger partial charge in [0.05, 0.1) is 22.7 Å². The number of para-hydroxylation sites is 4. The minimum absolute atomic E-state index is 0.139. The zero-order valence-corrected chi connectivity index (χ0v) is 41.3. The van der Waals surface area contributed by atoms with E-state index in [1.807, 2.05) is 0 Å². The molecule has 0 N–H and O–H groups in total. The van der Waals surface area contributed by atoms with Crippen molar-refractivity contribution in [2.45, 2.75) is 52.4 Å². The van der Waals surface area contributed by atoms with Crippen LogP contribution < -0.4 is 9.80 Å². The van der Waals surface area contributed by atoms with E-state index in [-0.39, 0.29) is 10.8 Å². The highest BCUT2D eigenvalue weighted by atomic mass is 16.3. The fraction of sp³-hybridized carbons (Fsp3) is 0.118. The molecular weight excluding hydrogens is 877 g/mol. The van der Waals surface area contributed by atoms with Crippen molar-refractivity contribution in [2.24, 2.45) is 0 Å². The molecule has 2 aromatic heterocycles. The van der Waals surface area contributed by atoms with Crippen LogP contribution in [0.5, 0.6) is 0 Å². The van der Waals surface area contributed by atoms with Gasteiger partial charge >= 0.3 is 0 Å². The lowest BCUT2D eigenvalue weighted by molar-refractivity contribution is 0.573. The minimum atomic E-state index is -0.139. The van der Waals surface area contributed by atoms with Crippen LogP contribution in [0.3, 0.4) is 0 Å². The largest absolute Gasteiger partial charge is 0.454 e. The highest BCUT2D eigenvalue weighted by Crippen LogP contribution is 2.52. The molecule has 0 amide bonds. The first-order valence-corrected chi connectivity index (χ1v) is 25.2.